The molecule has 0 bridgehead atoms. The zero-order chi connectivity index (χ0) is 48.4. The number of piperidine rings is 2. The van der Waals surface area contributed by atoms with Gasteiger partial charge in [-0.15, -0.1) is 0 Å². The summed E-state index contributed by atoms with van der Waals surface area (Å²) in [6, 6.07) is 17.8. The Labute approximate surface area is 405 Å². The summed E-state index contributed by atoms with van der Waals surface area (Å²) < 4.78 is 51.7. The van der Waals surface area contributed by atoms with E-state index in [9.17, 15) is 19.3 Å². The van der Waals surface area contributed by atoms with Gasteiger partial charge in [-0.3, -0.25) is 19.9 Å². The van der Waals surface area contributed by atoms with Crippen molar-refractivity contribution in [2.24, 2.45) is 0 Å². The number of halogens is 2. The number of nitrogens with one attached hydrogen (secondary N) is 2. The molecule has 356 valence electrons. The molecule has 8 heterocycles. The maximum absolute atomic E-state index is 14.4. The Morgan fingerprint density at radius 1 is 0.586 bits per heavy atom. The zero-order valence-electron chi connectivity index (χ0n) is 38.9. The van der Waals surface area contributed by atoms with Crippen molar-refractivity contribution in [1.82, 2.24) is 30.6 Å². The van der Waals surface area contributed by atoms with Gasteiger partial charge in [-0.25, -0.2) is 8.78 Å². The molecular weight excluding hydrogens is 891 g/mol. The molecule has 2 aromatic carbocycles. The lowest BCUT2D eigenvalue weighted by Crippen LogP contribution is -2.58. The van der Waals surface area contributed by atoms with E-state index in [1.807, 2.05) is 36.4 Å². The van der Waals surface area contributed by atoms with Crippen LogP contribution in [0, 0.1) is 34.3 Å². The van der Waals surface area contributed by atoms with Gasteiger partial charge in [0, 0.05) is 135 Å². The van der Waals surface area contributed by atoms with Gasteiger partial charge in [-0.2, -0.15) is 10.5 Å². The Bertz CT molecular complexity index is 2780. The van der Waals surface area contributed by atoms with Crippen LogP contribution in [-0.4, -0.2) is 111 Å². The number of methoxy groups -OCH3 is 2. The first kappa shape index (κ1) is 47.5. The van der Waals surface area contributed by atoms with Crippen LogP contribution in [0.1, 0.15) is 46.2 Å². The molecule has 70 heavy (non-hydrogen) atoms. The summed E-state index contributed by atoms with van der Waals surface area (Å²) in [5.74, 6) is 0.156. The summed E-state index contributed by atoms with van der Waals surface area (Å²) in [5.41, 5.74) is 9.32. The molecule has 4 saturated heterocycles. The van der Waals surface area contributed by atoms with Gasteiger partial charge in [-0.1, -0.05) is 24.3 Å². The number of hydrogen-bond donors (Lipinski definition) is 2. The number of aromatic nitrogens is 4. The molecule has 0 spiro atoms. The molecule has 4 atom stereocenters. The van der Waals surface area contributed by atoms with Crippen molar-refractivity contribution in [3.8, 4) is 45.9 Å². The predicted octanol–water partition coefficient (Wildman–Crippen LogP) is 7.80. The van der Waals surface area contributed by atoms with E-state index in [2.05, 4.69) is 52.5 Å². The molecule has 14 nitrogen and oxygen atoms in total. The number of pyridine rings is 4. The second kappa shape index (κ2) is 22.2. The van der Waals surface area contributed by atoms with E-state index in [0.29, 0.717) is 72.1 Å². The fourth-order valence-electron chi connectivity index (χ4n) is 9.53. The lowest BCUT2D eigenvalue weighted by Gasteiger charge is -2.43. The largest absolute Gasteiger partial charge is 0.497 e. The minimum absolute atomic E-state index is 0.0777. The second-order valence-electron chi connectivity index (χ2n) is 17.3. The number of nitrogens with zero attached hydrogens (tertiary/aromatic N) is 8. The average molecular weight is 943 g/mol. The quantitative estimate of drug-likeness (QED) is 0.137. The van der Waals surface area contributed by atoms with Crippen LogP contribution in [0.2, 0.25) is 0 Å². The first-order valence-corrected chi connectivity index (χ1v) is 23.2. The molecule has 0 saturated carbocycles. The van der Waals surface area contributed by atoms with E-state index < -0.39 is 0 Å². The maximum atomic E-state index is 14.4. The van der Waals surface area contributed by atoms with Gasteiger partial charge in [0.05, 0.1) is 62.1 Å². The second-order valence-corrected chi connectivity index (χ2v) is 17.3. The van der Waals surface area contributed by atoms with E-state index in [0.717, 1.165) is 83.8 Å². The van der Waals surface area contributed by atoms with Crippen LogP contribution in [0.3, 0.4) is 0 Å². The normalized spacial score (nSPS) is 19.9. The molecule has 16 heteroatoms. The third kappa shape index (κ3) is 11.1. The van der Waals surface area contributed by atoms with Crippen molar-refractivity contribution in [3.05, 3.63) is 143 Å². The average Bonchev–Trinajstić information content (AvgIpc) is 3.41. The topological polar surface area (TPSA) is 167 Å². The number of nitriles is 2. The van der Waals surface area contributed by atoms with Crippen LogP contribution in [0.4, 0.5) is 20.2 Å². The predicted molar refractivity (Wildman–Crippen MR) is 265 cm³/mol. The molecular formula is C54H52F2N10O4. The fraction of sp³-hybridized carbons (Fsp3) is 0.296. The zero-order valence-corrected chi connectivity index (χ0v) is 38.9. The Kier molecular flexibility index (Phi) is 15.1. The molecule has 0 unspecified atom stereocenters. The van der Waals surface area contributed by atoms with Crippen molar-refractivity contribution in [3.63, 3.8) is 0 Å². The lowest BCUT2D eigenvalue weighted by molar-refractivity contribution is -0.00907. The molecule has 2 N–H and O–H groups in total. The number of anilines is 2. The molecule has 10 rings (SSSR count). The Morgan fingerprint density at radius 3 is 1.46 bits per heavy atom. The minimum atomic E-state index is -0.371. The molecule has 4 aromatic heterocycles. The highest BCUT2D eigenvalue weighted by molar-refractivity contribution is 5.89. The highest BCUT2D eigenvalue weighted by atomic mass is 19.1. The summed E-state index contributed by atoms with van der Waals surface area (Å²) in [7, 11) is 3.05. The lowest BCUT2D eigenvalue weighted by atomic mass is 9.96. The van der Waals surface area contributed by atoms with Gasteiger partial charge in [0.15, 0.2) is 0 Å². The van der Waals surface area contributed by atoms with E-state index in [1.54, 1.807) is 49.3 Å². The molecule has 0 radical (unpaired) electrons. The van der Waals surface area contributed by atoms with Crippen LogP contribution >= 0.6 is 0 Å². The molecule has 0 amide bonds. The van der Waals surface area contributed by atoms with Gasteiger partial charge in [0.25, 0.3) is 0 Å². The van der Waals surface area contributed by atoms with Crippen molar-refractivity contribution in [2.75, 3.05) is 76.5 Å². The first-order valence-electron chi connectivity index (χ1n) is 23.2. The molecule has 0 aliphatic carbocycles. The van der Waals surface area contributed by atoms with Gasteiger partial charge in [-0.05, 0) is 71.5 Å². The van der Waals surface area contributed by atoms with E-state index in [1.165, 1.54) is 50.9 Å². The van der Waals surface area contributed by atoms with E-state index in [-0.39, 0.29) is 23.8 Å². The minimum Gasteiger partial charge on any atom is -0.497 e. The van der Waals surface area contributed by atoms with Crippen LogP contribution in [0.15, 0.2) is 98.1 Å². The Balaban J connectivity index is 0.000000174. The first-order chi connectivity index (χ1) is 34.3. The number of morpholine rings is 2. The summed E-state index contributed by atoms with van der Waals surface area (Å²) in [6.45, 7) is 6.20. The Hall–Kier alpha value is -7.60. The van der Waals surface area contributed by atoms with Gasteiger partial charge < -0.3 is 39.4 Å². The summed E-state index contributed by atoms with van der Waals surface area (Å²) in [5, 5.41) is 25.5. The number of ether oxygens (including phenoxy) is 4. The van der Waals surface area contributed by atoms with Crippen molar-refractivity contribution in [1.29, 1.82) is 10.5 Å². The summed E-state index contributed by atoms with van der Waals surface area (Å²) in [4.78, 5) is 21.8. The highest BCUT2D eigenvalue weighted by Gasteiger charge is 2.35. The standard InChI is InChI=1S/2C27H26FN5O2/c2*1-34-23-10-21(9-22(28)11-23)24-16-31-15-20(3-2-18-8-19(12-29)14-30-13-18)27(24)33-6-4-25-26(17-33)35-7-5-32-25/h2*2-3,8-11,13-16,25-26,32H,4-7,17H2,1H3/b2*3-2+/t2*25-,26-/m10/s1. The molecule has 4 aliphatic heterocycles. The van der Waals surface area contributed by atoms with Crippen molar-refractivity contribution >= 4 is 35.7 Å². The van der Waals surface area contributed by atoms with E-state index >= 15 is 0 Å². The van der Waals surface area contributed by atoms with Crippen LogP contribution in [0.5, 0.6) is 11.5 Å². The van der Waals surface area contributed by atoms with E-state index in [4.69, 9.17) is 18.9 Å². The Morgan fingerprint density at radius 2 is 1.03 bits per heavy atom. The molecule has 6 aromatic rings. The molecule has 4 fully saturated rings. The van der Waals surface area contributed by atoms with Crippen LogP contribution < -0.4 is 29.9 Å². The summed E-state index contributed by atoms with van der Waals surface area (Å²) >= 11 is 0. The third-order valence-corrected chi connectivity index (χ3v) is 12.8. The van der Waals surface area contributed by atoms with Gasteiger partial charge >= 0.3 is 0 Å². The summed E-state index contributed by atoms with van der Waals surface area (Å²) in [6.07, 6.45) is 23.4. The van der Waals surface area contributed by atoms with Crippen LogP contribution in [0.25, 0.3) is 46.6 Å². The third-order valence-electron chi connectivity index (χ3n) is 12.8. The smallest absolute Gasteiger partial charge is 0.127 e. The van der Waals surface area contributed by atoms with Gasteiger partial charge in [0.2, 0.25) is 0 Å². The number of fused-ring (bicyclic) bond motifs is 2. The van der Waals surface area contributed by atoms with Crippen LogP contribution in [-0.2, 0) is 9.47 Å². The number of hydrogen-bond acceptors (Lipinski definition) is 14. The van der Waals surface area contributed by atoms with Crippen molar-refractivity contribution < 1.29 is 27.7 Å². The monoisotopic (exact) mass is 942 g/mol. The maximum Gasteiger partial charge on any atom is 0.127 e. The highest BCUT2D eigenvalue weighted by Crippen LogP contribution is 2.40. The number of benzene rings is 2. The molecule has 4 aliphatic rings. The van der Waals surface area contributed by atoms with Gasteiger partial charge in [0.1, 0.15) is 35.3 Å². The fourth-order valence-corrected chi connectivity index (χ4v) is 9.53. The number of rotatable bonds is 10. The SMILES string of the molecule is COc1cc(F)cc(-c2cncc(/C=C/c3cncc(C#N)c3)c2N2CC[C@@H]3NCCO[C@H]3C2)c1.COc1cc(F)cc(-c2cncc(/C=C/c3cncc(C#N)c3)c2N2CC[C@H]3NCCO[C@@H]3C2)c1. The van der Waals surface area contributed by atoms with Crippen molar-refractivity contribution in [2.45, 2.75) is 37.1 Å².